The van der Waals surface area contributed by atoms with Gasteiger partial charge in [-0.1, -0.05) is 0 Å². The molecule has 1 aliphatic rings. The van der Waals surface area contributed by atoms with E-state index in [0.29, 0.717) is 38.2 Å². The standard InChI is InChI=1S/C12H13F2NO5S/c13-7-5-9(11(14)10(6-7)21(15,17)18)12(16)20-8-1-3-19-4-2-8/h5-6,8H,1-4H2,(H2,15,17,18). The van der Waals surface area contributed by atoms with Gasteiger partial charge in [0, 0.05) is 12.8 Å². The van der Waals surface area contributed by atoms with E-state index in [0.717, 1.165) is 0 Å². The molecular weight excluding hydrogens is 308 g/mol. The first kappa shape index (κ1) is 15.8. The van der Waals surface area contributed by atoms with E-state index in [1.807, 2.05) is 0 Å². The van der Waals surface area contributed by atoms with Gasteiger partial charge in [-0.25, -0.2) is 27.1 Å². The van der Waals surface area contributed by atoms with Gasteiger partial charge in [0.05, 0.1) is 18.8 Å². The van der Waals surface area contributed by atoms with Crippen molar-refractivity contribution in [3.8, 4) is 0 Å². The van der Waals surface area contributed by atoms with Crippen LogP contribution < -0.4 is 5.14 Å². The molecule has 0 amide bonds. The first-order valence-electron chi connectivity index (χ1n) is 6.09. The zero-order chi connectivity index (χ0) is 15.6. The summed E-state index contributed by atoms with van der Waals surface area (Å²) in [4.78, 5) is 10.8. The lowest BCUT2D eigenvalue weighted by molar-refractivity contribution is -0.0162. The van der Waals surface area contributed by atoms with Crippen molar-refractivity contribution in [3.05, 3.63) is 29.3 Å². The largest absolute Gasteiger partial charge is 0.459 e. The molecule has 1 aliphatic heterocycles. The number of esters is 1. The van der Waals surface area contributed by atoms with E-state index in [-0.39, 0.29) is 0 Å². The van der Waals surface area contributed by atoms with Gasteiger partial charge in [-0.3, -0.25) is 0 Å². The zero-order valence-electron chi connectivity index (χ0n) is 10.8. The Balaban J connectivity index is 2.30. The van der Waals surface area contributed by atoms with Crippen molar-refractivity contribution >= 4 is 16.0 Å². The molecule has 116 valence electrons. The average Bonchev–Trinajstić information content (AvgIpc) is 2.40. The van der Waals surface area contributed by atoms with Crippen molar-refractivity contribution in [2.75, 3.05) is 13.2 Å². The molecule has 1 heterocycles. The van der Waals surface area contributed by atoms with Gasteiger partial charge in [-0.15, -0.1) is 0 Å². The number of sulfonamides is 1. The van der Waals surface area contributed by atoms with Crippen molar-refractivity contribution in [3.63, 3.8) is 0 Å². The number of hydrogen-bond acceptors (Lipinski definition) is 5. The monoisotopic (exact) mass is 321 g/mol. The predicted octanol–water partition coefficient (Wildman–Crippen LogP) is 0.948. The molecule has 2 rings (SSSR count). The summed E-state index contributed by atoms with van der Waals surface area (Å²) >= 11 is 0. The van der Waals surface area contributed by atoms with Gasteiger partial charge < -0.3 is 9.47 Å². The minimum absolute atomic E-state index is 0.395. The van der Waals surface area contributed by atoms with Gasteiger partial charge in [0.15, 0.2) is 5.82 Å². The lowest BCUT2D eigenvalue weighted by Crippen LogP contribution is -2.27. The first-order chi connectivity index (χ1) is 9.79. The summed E-state index contributed by atoms with van der Waals surface area (Å²) in [5, 5.41) is 4.78. The molecule has 0 aliphatic carbocycles. The predicted molar refractivity (Wildman–Crippen MR) is 67.0 cm³/mol. The quantitative estimate of drug-likeness (QED) is 0.836. The summed E-state index contributed by atoms with van der Waals surface area (Å²) < 4.78 is 59.8. The molecule has 0 saturated carbocycles. The van der Waals surface area contributed by atoms with E-state index in [1.54, 1.807) is 0 Å². The van der Waals surface area contributed by atoms with Crippen LogP contribution in [0.25, 0.3) is 0 Å². The lowest BCUT2D eigenvalue weighted by atomic mass is 10.1. The summed E-state index contributed by atoms with van der Waals surface area (Å²) in [6.07, 6.45) is 0.391. The van der Waals surface area contributed by atoms with Crippen molar-refractivity contribution in [1.82, 2.24) is 0 Å². The van der Waals surface area contributed by atoms with E-state index in [9.17, 15) is 22.0 Å². The number of rotatable bonds is 3. The molecular formula is C12H13F2NO5S. The maximum Gasteiger partial charge on any atom is 0.341 e. The SMILES string of the molecule is NS(=O)(=O)c1cc(F)cc(C(=O)OC2CCOCC2)c1F. The number of primary sulfonamides is 1. The molecule has 2 N–H and O–H groups in total. The highest BCUT2D eigenvalue weighted by Gasteiger charge is 2.26. The Morgan fingerprint density at radius 2 is 1.90 bits per heavy atom. The lowest BCUT2D eigenvalue weighted by Gasteiger charge is -2.22. The van der Waals surface area contributed by atoms with Gasteiger partial charge in [-0.05, 0) is 12.1 Å². The molecule has 9 heteroatoms. The summed E-state index contributed by atoms with van der Waals surface area (Å²) in [6.45, 7) is 0.790. The fourth-order valence-corrected chi connectivity index (χ4v) is 2.57. The van der Waals surface area contributed by atoms with Gasteiger partial charge in [0.1, 0.15) is 16.8 Å². The average molecular weight is 321 g/mol. The van der Waals surface area contributed by atoms with Crippen LogP contribution in [0.15, 0.2) is 17.0 Å². The van der Waals surface area contributed by atoms with Gasteiger partial charge in [-0.2, -0.15) is 0 Å². The maximum atomic E-state index is 14.0. The Bertz CT molecular complexity index is 656. The molecule has 1 aromatic carbocycles. The Morgan fingerprint density at radius 1 is 1.29 bits per heavy atom. The molecule has 0 aromatic heterocycles. The number of hydrogen-bond donors (Lipinski definition) is 1. The van der Waals surface area contributed by atoms with Crippen molar-refractivity contribution < 1.29 is 31.5 Å². The highest BCUT2D eigenvalue weighted by Crippen LogP contribution is 2.21. The van der Waals surface area contributed by atoms with E-state index >= 15 is 0 Å². The second kappa shape index (κ2) is 6.04. The first-order valence-corrected chi connectivity index (χ1v) is 7.64. The Labute approximate surface area is 119 Å². The molecule has 0 unspecified atom stereocenters. The van der Waals surface area contributed by atoms with Crippen LogP contribution in [0.2, 0.25) is 0 Å². The summed E-state index contributed by atoms with van der Waals surface area (Å²) in [6, 6.07) is 0.988. The Morgan fingerprint density at radius 3 is 2.48 bits per heavy atom. The zero-order valence-corrected chi connectivity index (χ0v) is 11.7. The van der Waals surface area contributed by atoms with Crippen LogP contribution >= 0.6 is 0 Å². The molecule has 0 bridgehead atoms. The second-order valence-electron chi connectivity index (χ2n) is 4.53. The van der Waals surface area contributed by atoms with Crippen molar-refractivity contribution in [2.24, 2.45) is 5.14 Å². The number of nitrogens with two attached hydrogens (primary N) is 1. The van der Waals surface area contributed by atoms with Gasteiger partial charge in [0.25, 0.3) is 0 Å². The fourth-order valence-electron chi connectivity index (χ4n) is 1.93. The molecule has 0 atom stereocenters. The van der Waals surface area contributed by atoms with Crippen molar-refractivity contribution in [2.45, 2.75) is 23.8 Å². The van der Waals surface area contributed by atoms with E-state index in [4.69, 9.17) is 14.6 Å². The summed E-state index contributed by atoms with van der Waals surface area (Å²) in [5.74, 6) is -3.65. The second-order valence-corrected chi connectivity index (χ2v) is 6.06. The maximum absolute atomic E-state index is 14.0. The molecule has 1 fully saturated rings. The fraction of sp³-hybridized carbons (Fsp3) is 0.417. The molecule has 0 radical (unpaired) electrons. The highest BCUT2D eigenvalue weighted by atomic mass is 32.2. The number of carbonyl (C=O) groups excluding carboxylic acids is 1. The minimum atomic E-state index is -4.49. The smallest absolute Gasteiger partial charge is 0.341 e. The highest BCUT2D eigenvalue weighted by molar-refractivity contribution is 7.89. The topological polar surface area (TPSA) is 95.7 Å². The molecule has 6 nitrogen and oxygen atoms in total. The van der Waals surface area contributed by atoms with Gasteiger partial charge in [0.2, 0.25) is 10.0 Å². The third kappa shape index (κ3) is 3.74. The number of halogens is 2. The van der Waals surface area contributed by atoms with Crippen LogP contribution in [0.4, 0.5) is 8.78 Å². The van der Waals surface area contributed by atoms with Crippen LogP contribution in [0.3, 0.4) is 0 Å². The van der Waals surface area contributed by atoms with E-state index in [2.05, 4.69) is 0 Å². The Hall–Kier alpha value is -1.58. The van der Waals surface area contributed by atoms with Crippen LogP contribution in [-0.4, -0.2) is 33.7 Å². The molecule has 1 saturated heterocycles. The minimum Gasteiger partial charge on any atom is -0.459 e. The Kier molecular flexibility index (Phi) is 4.55. The van der Waals surface area contributed by atoms with Crippen LogP contribution in [0.5, 0.6) is 0 Å². The normalized spacial score (nSPS) is 16.7. The van der Waals surface area contributed by atoms with Gasteiger partial charge >= 0.3 is 5.97 Å². The number of ether oxygens (including phenoxy) is 2. The van der Waals surface area contributed by atoms with Crippen molar-refractivity contribution in [1.29, 1.82) is 0 Å². The van der Waals surface area contributed by atoms with Crippen LogP contribution in [0, 0.1) is 11.6 Å². The number of benzene rings is 1. The van der Waals surface area contributed by atoms with E-state index < -0.39 is 44.2 Å². The van der Waals surface area contributed by atoms with Crippen LogP contribution in [0.1, 0.15) is 23.2 Å². The number of carbonyl (C=O) groups is 1. The van der Waals surface area contributed by atoms with E-state index in [1.165, 1.54) is 0 Å². The summed E-state index contributed by atoms with van der Waals surface area (Å²) in [5.41, 5.74) is -0.800. The summed E-state index contributed by atoms with van der Waals surface area (Å²) in [7, 11) is -4.49. The third-order valence-corrected chi connectivity index (χ3v) is 3.88. The third-order valence-electron chi connectivity index (χ3n) is 2.97. The molecule has 21 heavy (non-hydrogen) atoms. The van der Waals surface area contributed by atoms with Crippen LogP contribution in [-0.2, 0) is 19.5 Å². The molecule has 0 spiro atoms. The molecule has 1 aromatic rings.